The first-order valence-corrected chi connectivity index (χ1v) is 10.7. The minimum atomic E-state index is -4.33. The highest BCUT2D eigenvalue weighted by Gasteiger charge is 2.31. The molecule has 2 aromatic rings. The van der Waals surface area contributed by atoms with Gasteiger partial charge in [0.05, 0.1) is 12.1 Å². The molecule has 10 heteroatoms. The van der Waals surface area contributed by atoms with Gasteiger partial charge in [0.25, 0.3) is 0 Å². The molecule has 7 nitrogen and oxygen atoms in total. The van der Waals surface area contributed by atoms with E-state index in [1.54, 1.807) is 13.1 Å². The van der Waals surface area contributed by atoms with E-state index >= 15 is 0 Å². The molecule has 1 fully saturated rings. The van der Waals surface area contributed by atoms with Gasteiger partial charge in [0.1, 0.15) is 5.82 Å². The molecule has 3 heterocycles. The number of fused-ring (bicyclic) bond motifs is 1. The van der Waals surface area contributed by atoms with E-state index in [0.717, 1.165) is 49.5 Å². The summed E-state index contributed by atoms with van der Waals surface area (Å²) in [7, 11) is 1.74. The molecule has 0 spiro atoms. The molecule has 0 bridgehead atoms. The number of hydrogen-bond donors (Lipinski definition) is 1. The van der Waals surface area contributed by atoms with Crippen LogP contribution >= 0.6 is 0 Å². The number of halogens is 3. The standard InChI is InChI=1S/C21H28F3N7/c1-25-20(26-15-19-28-27-18-8-3-2-4-9-31(18)19)30-12-10-29(11-13-30)17-7-5-6-16(14-17)21(22,23)24/h5-7,14H,2-4,8-13,15H2,1H3,(H,25,26). The fourth-order valence-electron chi connectivity index (χ4n) is 4.22. The minimum Gasteiger partial charge on any atom is -0.368 e. The van der Waals surface area contributed by atoms with Crippen LogP contribution in [0.15, 0.2) is 29.3 Å². The molecule has 1 N–H and O–H groups in total. The van der Waals surface area contributed by atoms with E-state index in [4.69, 9.17) is 0 Å². The van der Waals surface area contributed by atoms with E-state index in [0.29, 0.717) is 38.4 Å². The number of nitrogens with zero attached hydrogens (tertiary/aromatic N) is 6. The molecule has 0 aliphatic carbocycles. The van der Waals surface area contributed by atoms with Crippen molar-refractivity contribution in [3.63, 3.8) is 0 Å². The lowest BCUT2D eigenvalue weighted by molar-refractivity contribution is -0.137. The molecule has 0 amide bonds. The first-order chi connectivity index (χ1) is 15.0. The van der Waals surface area contributed by atoms with Crippen LogP contribution in [0.25, 0.3) is 0 Å². The zero-order valence-electron chi connectivity index (χ0n) is 17.7. The number of alkyl halides is 3. The van der Waals surface area contributed by atoms with Gasteiger partial charge < -0.3 is 19.7 Å². The number of rotatable bonds is 3. The van der Waals surface area contributed by atoms with Gasteiger partial charge in [0.2, 0.25) is 0 Å². The van der Waals surface area contributed by atoms with Crippen molar-refractivity contribution in [2.45, 2.75) is 44.9 Å². The van der Waals surface area contributed by atoms with Gasteiger partial charge in [-0.1, -0.05) is 12.5 Å². The maximum atomic E-state index is 13.0. The number of aliphatic imine (C=N–C) groups is 1. The third-order valence-electron chi connectivity index (χ3n) is 5.92. The lowest BCUT2D eigenvalue weighted by Crippen LogP contribution is -2.52. The van der Waals surface area contributed by atoms with Crippen molar-refractivity contribution >= 4 is 11.6 Å². The third kappa shape index (κ3) is 4.94. The fourth-order valence-corrected chi connectivity index (χ4v) is 4.22. The Hall–Kier alpha value is -2.78. The van der Waals surface area contributed by atoms with Crippen molar-refractivity contribution in [3.05, 3.63) is 41.5 Å². The quantitative estimate of drug-likeness (QED) is 0.594. The van der Waals surface area contributed by atoms with Crippen molar-refractivity contribution in [2.75, 3.05) is 38.1 Å². The Morgan fingerprint density at radius 1 is 1.06 bits per heavy atom. The maximum absolute atomic E-state index is 13.0. The highest BCUT2D eigenvalue weighted by Crippen LogP contribution is 2.31. The summed E-state index contributed by atoms with van der Waals surface area (Å²) in [5.74, 6) is 2.74. The number of piperazine rings is 1. The predicted octanol–water partition coefficient (Wildman–Crippen LogP) is 2.92. The highest BCUT2D eigenvalue weighted by atomic mass is 19.4. The summed E-state index contributed by atoms with van der Waals surface area (Å²) in [6.45, 7) is 4.10. The monoisotopic (exact) mass is 435 g/mol. The van der Waals surface area contributed by atoms with Crippen LogP contribution in [-0.4, -0.2) is 58.9 Å². The summed E-state index contributed by atoms with van der Waals surface area (Å²) in [5, 5.41) is 12.1. The van der Waals surface area contributed by atoms with Crippen molar-refractivity contribution < 1.29 is 13.2 Å². The lowest BCUT2D eigenvalue weighted by atomic mass is 10.1. The normalized spacial score (nSPS) is 18.0. The highest BCUT2D eigenvalue weighted by molar-refractivity contribution is 5.80. The average molecular weight is 435 g/mol. The summed E-state index contributed by atoms with van der Waals surface area (Å²) >= 11 is 0. The lowest BCUT2D eigenvalue weighted by Gasteiger charge is -2.37. The van der Waals surface area contributed by atoms with Gasteiger partial charge in [-0.25, -0.2) is 0 Å². The topological polar surface area (TPSA) is 61.6 Å². The van der Waals surface area contributed by atoms with Crippen LogP contribution in [0.3, 0.4) is 0 Å². The number of guanidine groups is 1. The van der Waals surface area contributed by atoms with Gasteiger partial charge >= 0.3 is 6.18 Å². The molecular weight excluding hydrogens is 407 g/mol. The summed E-state index contributed by atoms with van der Waals surface area (Å²) in [5.41, 5.74) is -0.0130. The summed E-state index contributed by atoms with van der Waals surface area (Å²) in [6, 6.07) is 5.53. The SMILES string of the molecule is CN=C(NCc1nnc2n1CCCCC2)N1CCN(c2cccc(C(F)(F)F)c2)CC1. The van der Waals surface area contributed by atoms with Crippen molar-refractivity contribution in [1.29, 1.82) is 0 Å². The largest absolute Gasteiger partial charge is 0.416 e. The Morgan fingerprint density at radius 3 is 2.61 bits per heavy atom. The van der Waals surface area contributed by atoms with Crippen molar-refractivity contribution in [3.8, 4) is 0 Å². The van der Waals surface area contributed by atoms with Crippen LogP contribution in [0.5, 0.6) is 0 Å². The van der Waals surface area contributed by atoms with Crippen LogP contribution in [-0.2, 0) is 25.7 Å². The van der Waals surface area contributed by atoms with E-state index in [1.807, 2.05) is 4.90 Å². The minimum absolute atomic E-state index is 0.549. The van der Waals surface area contributed by atoms with Gasteiger partial charge in [-0.05, 0) is 31.0 Å². The Morgan fingerprint density at radius 2 is 1.87 bits per heavy atom. The Labute approximate surface area is 180 Å². The first kappa shape index (κ1) is 21.5. The molecule has 4 rings (SSSR count). The van der Waals surface area contributed by atoms with E-state index in [-0.39, 0.29) is 0 Å². The molecule has 1 saturated heterocycles. The molecule has 0 radical (unpaired) electrons. The first-order valence-electron chi connectivity index (χ1n) is 10.7. The average Bonchev–Trinajstić information content (AvgIpc) is 3.00. The van der Waals surface area contributed by atoms with Crippen LogP contribution in [0.2, 0.25) is 0 Å². The van der Waals surface area contributed by atoms with Crippen molar-refractivity contribution in [1.82, 2.24) is 25.0 Å². The van der Waals surface area contributed by atoms with Gasteiger partial charge in [0, 0.05) is 51.9 Å². The molecule has 31 heavy (non-hydrogen) atoms. The van der Waals surface area contributed by atoms with Crippen LogP contribution in [0.4, 0.5) is 18.9 Å². The molecule has 168 valence electrons. The number of nitrogens with one attached hydrogen (secondary N) is 1. The molecule has 0 unspecified atom stereocenters. The Balaban J connectivity index is 1.34. The van der Waals surface area contributed by atoms with Gasteiger partial charge in [0.15, 0.2) is 11.8 Å². The van der Waals surface area contributed by atoms with Crippen molar-refractivity contribution in [2.24, 2.45) is 4.99 Å². The molecule has 2 aliphatic heterocycles. The number of hydrogen-bond acceptors (Lipinski definition) is 4. The van der Waals surface area contributed by atoms with E-state index in [1.165, 1.54) is 18.6 Å². The third-order valence-corrected chi connectivity index (χ3v) is 5.92. The Bertz CT molecular complexity index is 914. The number of anilines is 1. The zero-order valence-corrected chi connectivity index (χ0v) is 17.7. The summed E-state index contributed by atoms with van der Waals surface area (Å²) < 4.78 is 41.3. The fraction of sp³-hybridized carbons (Fsp3) is 0.571. The van der Waals surface area contributed by atoms with Gasteiger partial charge in [-0.2, -0.15) is 13.2 Å². The van der Waals surface area contributed by atoms with E-state index in [2.05, 4.69) is 30.0 Å². The van der Waals surface area contributed by atoms with Gasteiger partial charge in [-0.3, -0.25) is 4.99 Å². The molecular formula is C21H28F3N7. The second kappa shape index (κ2) is 9.15. The van der Waals surface area contributed by atoms with Crippen LogP contribution < -0.4 is 10.2 Å². The smallest absolute Gasteiger partial charge is 0.368 e. The van der Waals surface area contributed by atoms with Crippen LogP contribution in [0, 0.1) is 0 Å². The maximum Gasteiger partial charge on any atom is 0.416 e. The van der Waals surface area contributed by atoms with E-state index < -0.39 is 11.7 Å². The second-order valence-corrected chi connectivity index (χ2v) is 7.92. The molecule has 0 atom stereocenters. The summed E-state index contributed by atoms with van der Waals surface area (Å²) in [4.78, 5) is 8.51. The molecule has 1 aromatic carbocycles. The summed E-state index contributed by atoms with van der Waals surface area (Å²) in [6.07, 6.45) is 0.157. The predicted molar refractivity (Wildman–Crippen MR) is 113 cm³/mol. The molecule has 0 saturated carbocycles. The Kier molecular flexibility index (Phi) is 6.33. The number of aryl methyl sites for hydroxylation is 1. The molecule has 2 aliphatic rings. The second-order valence-electron chi connectivity index (χ2n) is 7.92. The molecule has 1 aromatic heterocycles. The number of benzene rings is 1. The van der Waals surface area contributed by atoms with Gasteiger partial charge in [-0.15, -0.1) is 10.2 Å². The number of aromatic nitrogens is 3. The van der Waals surface area contributed by atoms with Crippen LogP contribution in [0.1, 0.15) is 36.5 Å². The van der Waals surface area contributed by atoms with E-state index in [9.17, 15) is 13.2 Å². The zero-order chi connectivity index (χ0) is 21.8.